The zero-order valence-electron chi connectivity index (χ0n) is 19.3. The number of methoxy groups -OCH3 is 2. The molecule has 4 N–H and O–H groups in total. The Morgan fingerprint density at radius 2 is 1.91 bits per heavy atom. The van der Waals surface area contributed by atoms with E-state index in [0.29, 0.717) is 36.5 Å². The minimum Gasteiger partial charge on any atom is -0.496 e. The van der Waals surface area contributed by atoms with Crippen molar-refractivity contribution in [2.45, 2.75) is 46.0 Å². The normalized spacial score (nSPS) is 10.5. The van der Waals surface area contributed by atoms with Crippen LogP contribution in [0.3, 0.4) is 0 Å². The third-order valence-corrected chi connectivity index (χ3v) is 5.03. The molecule has 0 atom stereocenters. The Hall–Kier alpha value is -3.36. The van der Waals surface area contributed by atoms with E-state index in [1.807, 2.05) is 6.92 Å². The number of nitrogens with zero attached hydrogens (tertiary/aromatic N) is 2. The van der Waals surface area contributed by atoms with Crippen molar-refractivity contribution in [3.8, 4) is 5.75 Å². The fourth-order valence-electron chi connectivity index (χ4n) is 3.25. The van der Waals surface area contributed by atoms with Gasteiger partial charge in [0.05, 0.1) is 14.2 Å². The smallest absolute Gasteiger partial charge is 0.305 e. The molecule has 0 saturated carbocycles. The summed E-state index contributed by atoms with van der Waals surface area (Å²) >= 11 is 0. The molecule has 0 aliphatic heterocycles. The Kier molecular flexibility index (Phi) is 9.72. The molecular formula is C23H33N5O4. The molecule has 9 heteroatoms. The van der Waals surface area contributed by atoms with E-state index < -0.39 is 0 Å². The van der Waals surface area contributed by atoms with E-state index in [9.17, 15) is 9.59 Å². The van der Waals surface area contributed by atoms with E-state index in [1.165, 1.54) is 7.11 Å². The molecule has 1 aromatic carbocycles. The zero-order valence-corrected chi connectivity index (χ0v) is 19.3. The number of aromatic nitrogens is 2. The van der Waals surface area contributed by atoms with Gasteiger partial charge < -0.3 is 25.8 Å². The molecule has 174 valence electrons. The van der Waals surface area contributed by atoms with E-state index in [2.05, 4.69) is 32.3 Å². The maximum atomic E-state index is 12.6. The first-order chi connectivity index (χ1) is 15.4. The first-order valence-electron chi connectivity index (χ1n) is 10.8. The van der Waals surface area contributed by atoms with Gasteiger partial charge in [0, 0.05) is 42.8 Å². The molecule has 1 amide bonds. The molecule has 1 heterocycles. The summed E-state index contributed by atoms with van der Waals surface area (Å²) in [6.45, 7) is 5.18. The second-order valence-electron chi connectivity index (χ2n) is 7.41. The van der Waals surface area contributed by atoms with Gasteiger partial charge in [0.15, 0.2) is 0 Å². The van der Waals surface area contributed by atoms with Gasteiger partial charge in [0.2, 0.25) is 5.95 Å². The summed E-state index contributed by atoms with van der Waals surface area (Å²) in [5.74, 6) is 1.07. The first kappa shape index (κ1) is 24.9. The van der Waals surface area contributed by atoms with Crippen LogP contribution < -0.4 is 21.1 Å². The Labute approximate surface area is 189 Å². The van der Waals surface area contributed by atoms with E-state index in [1.54, 1.807) is 25.3 Å². The zero-order chi connectivity index (χ0) is 23.5. The summed E-state index contributed by atoms with van der Waals surface area (Å²) in [6.07, 6.45) is 3.32. The van der Waals surface area contributed by atoms with Crippen LogP contribution in [0.15, 0.2) is 18.2 Å². The van der Waals surface area contributed by atoms with Crippen LogP contribution in [0.5, 0.6) is 5.75 Å². The first-order valence-corrected chi connectivity index (χ1v) is 10.8. The number of carbonyl (C=O) groups excluding carboxylic acids is 2. The summed E-state index contributed by atoms with van der Waals surface area (Å²) in [5, 5.41) is 6.18. The summed E-state index contributed by atoms with van der Waals surface area (Å²) in [4.78, 5) is 32.5. The molecule has 1 aromatic heterocycles. The molecule has 0 aliphatic rings. The van der Waals surface area contributed by atoms with Crippen molar-refractivity contribution in [2.24, 2.45) is 0 Å². The highest BCUT2D eigenvalue weighted by atomic mass is 16.5. The largest absolute Gasteiger partial charge is 0.496 e. The quantitative estimate of drug-likeness (QED) is 0.337. The average Bonchev–Trinajstić information content (AvgIpc) is 2.78. The maximum absolute atomic E-state index is 12.6. The lowest BCUT2D eigenvalue weighted by Gasteiger charge is -2.16. The predicted molar refractivity (Wildman–Crippen MR) is 124 cm³/mol. The second kappa shape index (κ2) is 12.5. The number of nitrogen functional groups attached to an aromatic ring is 1. The SMILES string of the molecule is CCCCNc1nc(N)nc(C)c1Cc1cc(C(=O)NCCCC(=O)OC)ccc1OC. The number of hydrogen-bond donors (Lipinski definition) is 3. The van der Waals surface area contributed by atoms with Crippen molar-refractivity contribution < 1.29 is 19.1 Å². The van der Waals surface area contributed by atoms with Gasteiger partial charge in [0.1, 0.15) is 11.6 Å². The minimum absolute atomic E-state index is 0.217. The Morgan fingerprint density at radius 1 is 1.12 bits per heavy atom. The van der Waals surface area contributed by atoms with Gasteiger partial charge in [-0.3, -0.25) is 9.59 Å². The highest BCUT2D eigenvalue weighted by molar-refractivity contribution is 5.94. The number of benzene rings is 1. The molecule has 32 heavy (non-hydrogen) atoms. The van der Waals surface area contributed by atoms with Crippen molar-refractivity contribution >= 4 is 23.6 Å². The number of esters is 1. The number of hydrogen-bond acceptors (Lipinski definition) is 8. The highest BCUT2D eigenvalue weighted by Gasteiger charge is 2.16. The molecule has 0 fully saturated rings. The molecule has 0 saturated heterocycles. The van der Waals surface area contributed by atoms with E-state index >= 15 is 0 Å². The summed E-state index contributed by atoms with van der Waals surface area (Å²) in [7, 11) is 2.94. The van der Waals surface area contributed by atoms with Crippen molar-refractivity contribution in [1.82, 2.24) is 15.3 Å². The molecule has 0 bridgehead atoms. The lowest BCUT2D eigenvalue weighted by Crippen LogP contribution is -2.25. The number of aryl methyl sites for hydroxylation is 1. The van der Waals surface area contributed by atoms with Crippen molar-refractivity contribution in [2.75, 3.05) is 38.4 Å². The molecule has 2 rings (SSSR count). The van der Waals surface area contributed by atoms with Gasteiger partial charge in [0.25, 0.3) is 5.91 Å². The topological polar surface area (TPSA) is 128 Å². The third-order valence-electron chi connectivity index (χ3n) is 5.03. The molecule has 2 aromatic rings. The number of amides is 1. The third kappa shape index (κ3) is 7.11. The summed E-state index contributed by atoms with van der Waals surface area (Å²) < 4.78 is 10.1. The highest BCUT2D eigenvalue weighted by Crippen LogP contribution is 2.27. The van der Waals surface area contributed by atoms with Crippen LogP contribution in [0.4, 0.5) is 11.8 Å². The van der Waals surface area contributed by atoms with E-state index in [-0.39, 0.29) is 24.2 Å². The van der Waals surface area contributed by atoms with Gasteiger partial charge in [-0.25, -0.2) is 4.98 Å². The van der Waals surface area contributed by atoms with Crippen LogP contribution in [-0.2, 0) is 16.0 Å². The lowest BCUT2D eigenvalue weighted by molar-refractivity contribution is -0.140. The fraction of sp³-hybridized carbons (Fsp3) is 0.478. The van der Waals surface area contributed by atoms with Crippen molar-refractivity contribution in [3.05, 3.63) is 40.6 Å². The second-order valence-corrected chi connectivity index (χ2v) is 7.41. The number of unbranched alkanes of at least 4 members (excludes halogenated alkanes) is 1. The lowest BCUT2D eigenvalue weighted by atomic mass is 10.0. The van der Waals surface area contributed by atoms with Gasteiger partial charge >= 0.3 is 5.97 Å². The fourth-order valence-corrected chi connectivity index (χ4v) is 3.25. The van der Waals surface area contributed by atoms with Crippen LogP contribution in [-0.4, -0.2) is 49.2 Å². The maximum Gasteiger partial charge on any atom is 0.305 e. The summed E-state index contributed by atoms with van der Waals surface area (Å²) in [6, 6.07) is 5.29. The number of rotatable bonds is 12. The van der Waals surface area contributed by atoms with Crippen LogP contribution >= 0.6 is 0 Å². The van der Waals surface area contributed by atoms with Crippen molar-refractivity contribution in [3.63, 3.8) is 0 Å². The van der Waals surface area contributed by atoms with Gasteiger partial charge in [-0.15, -0.1) is 0 Å². The molecule has 0 unspecified atom stereocenters. The monoisotopic (exact) mass is 443 g/mol. The Balaban J connectivity index is 2.21. The number of nitrogens with two attached hydrogens (primary N) is 1. The molecule has 0 aliphatic carbocycles. The predicted octanol–water partition coefficient (Wildman–Crippen LogP) is 2.86. The molecule has 0 spiro atoms. The summed E-state index contributed by atoms with van der Waals surface area (Å²) in [5.41, 5.74) is 8.89. The minimum atomic E-state index is -0.296. The standard InChI is InChI=1S/C23H33N5O4/c1-5-6-11-25-21-18(15(2)27-23(24)28-21)14-17-13-16(9-10-19(17)31-3)22(30)26-12-7-8-20(29)32-4/h9-10,13H,5-8,11-12,14H2,1-4H3,(H,26,30)(H3,24,25,27,28). The number of nitrogens with one attached hydrogen (secondary N) is 2. The van der Waals surface area contributed by atoms with Gasteiger partial charge in [-0.1, -0.05) is 13.3 Å². The number of ether oxygens (including phenoxy) is 2. The van der Waals surface area contributed by atoms with Crippen LogP contribution in [0.25, 0.3) is 0 Å². The van der Waals surface area contributed by atoms with E-state index in [4.69, 9.17) is 10.5 Å². The van der Waals surface area contributed by atoms with E-state index in [0.717, 1.165) is 36.2 Å². The van der Waals surface area contributed by atoms with Gasteiger partial charge in [-0.2, -0.15) is 4.98 Å². The molecular weight excluding hydrogens is 410 g/mol. The van der Waals surface area contributed by atoms with Crippen LogP contribution in [0.1, 0.15) is 59.8 Å². The Morgan fingerprint density at radius 3 is 2.59 bits per heavy atom. The average molecular weight is 444 g/mol. The number of carbonyl (C=O) groups is 2. The van der Waals surface area contributed by atoms with Gasteiger partial charge in [-0.05, 0) is 43.5 Å². The van der Waals surface area contributed by atoms with Crippen molar-refractivity contribution in [1.29, 1.82) is 0 Å². The van der Waals surface area contributed by atoms with Crippen LogP contribution in [0, 0.1) is 6.92 Å². The molecule has 0 radical (unpaired) electrons. The van der Waals surface area contributed by atoms with Crippen LogP contribution in [0.2, 0.25) is 0 Å². The Bertz CT molecular complexity index is 933. The number of anilines is 2. The molecule has 9 nitrogen and oxygen atoms in total.